The molecule has 3 aliphatic carbocycles. The highest BCUT2D eigenvalue weighted by molar-refractivity contribution is 7.22. The van der Waals surface area contributed by atoms with E-state index in [0.717, 1.165) is 0 Å². The van der Waals surface area contributed by atoms with Gasteiger partial charge in [-0.3, -0.25) is 9.59 Å². The third kappa shape index (κ3) is 3.48. The predicted octanol–water partition coefficient (Wildman–Crippen LogP) is 2.29. The van der Waals surface area contributed by atoms with Crippen LogP contribution in [-0.4, -0.2) is 72.3 Å². The van der Waals surface area contributed by atoms with Crippen LogP contribution in [0.15, 0.2) is 0 Å². The number of thiazole rings is 1. The number of nitrogens with zero attached hydrogens (tertiary/aromatic N) is 3. The van der Waals surface area contributed by atoms with E-state index in [2.05, 4.69) is 15.3 Å². The molecule has 2 aromatic heterocycles. The number of pyridine rings is 1. The second kappa shape index (κ2) is 8.14. The zero-order valence-corrected chi connectivity index (χ0v) is 19.5. The van der Waals surface area contributed by atoms with Crippen molar-refractivity contribution < 1.29 is 28.6 Å². The highest BCUT2D eigenvalue weighted by Crippen LogP contribution is 2.74. The quantitative estimate of drug-likeness (QED) is 0.587. The lowest BCUT2D eigenvalue weighted by Crippen LogP contribution is -2.71. The Labute approximate surface area is 194 Å². The van der Waals surface area contributed by atoms with E-state index < -0.39 is 16.8 Å². The van der Waals surface area contributed by atoms with Gasteiger partial charge in [0, 0.05) is 32.4 Å². The zero-order valence-electron chi connectivity index (χ0n) is 18.6. The number of halogens is 1. The topological polar surface area (TPSA) is 114 Å². The van der Waals surface area contributed by atoms with Gasteiger partial charge in [-0.25, -0.2) is 4.98 Å². The third-order valence-electron chi connectivity index (χ3n) is 7.29. The number of hydrogen-bond acceptors (Lipinski definition) is 8. The van der Waals surface area contributed by atoms with Gasteiger partial charge in [-0.2, -0.15) is 9.37 Å². The maximum absolute atomic E-state index is 14.9. The summed E-state index contributed by atoms with van der Waals surface area (Å²) in [7, 11) is 3.09. The van der Waals surface area contributed by atoms with Crippen LogP contribution in [0.2, 0.25) is 0 Å². The summed E-state index contributed by atoms with van der Waals surface area (Å²) in [5.74, 6) is -0.681. The van der Waals surface area contributed by atoms with Crippen molar-refractivity contribution in [3.8, 4) is 5.88 Å². The second-order valence-corrected chi connectivity index (χ2v) is 10.4. The molecule has 2 N–H and O–H groups in total. The van der Waals surface area contributed by atoms with Gasteiger partial charge in [-0.1, -0.05) is 11.3 Å². The van der Waals surface area contributed by atoms with E-state index in [9.17, 15) is 14.0 Å². The highest BCUT2D eigenvalue weighted by atomic mass is 32.1. The fraction of sp³-hybridized carbons (Fsp3) is 0.636. The summed E-state index contributed by atoms with van der Waals surface area (Å²) in [5.41, 5.74) is -0.101. The summed E-state index contributed by atoms with van der Waals surface area (Å²) in [4.78, 5) is 35.7. The Kier molecular flexibility index (Phi) is 5.53. The molecule has 9 nitrogen and oxygen atoms in total. The average molecular weight is 479 g/mol. The normalized spacial score (nSPS) is 26.4. The van der Waals surface area contributed by atoms with Crippen LogP contribution in [0.25, 0.3) is 10.2 Å². The number of anilines is 1. The molecular formula is C22H27FN4O5S. The van der Waals surface area contributed by atoms with Crippen LogP contribution in [0.4, 0.5) is 9.52 Å². The second-order valence-electron chi connectivity index (χ2n) is 9.40. The first-order valence-electron chi connectivity index (χ1n) is 11.1. The predicted molar refractivity (Wildman–Crippen MR) is 119 cm³/mol. The van der Waals surface area contributed by atoms with Crippen molar-refractivity contribution >= 4 is 38.5 Å². The number of hydrogen-bond donors (Lipinski definition) is 2. The van der Waals surface area contributed by atoms with Crippen molar-refractivity contribution in [3.05, 3.63) is 11.5 Å². The molecule has 178 valence electrons. The number of aliphatic hydroxyl groups is 1. The Bertz CT molecular complexity index is 1100. The first kappa shape index (κ1) is 22.4. The van der Waals surface area contributed by atoms with E-state index in [1.165, 1.54) is 23.3 Å². The highest BCUT2D eigenvalue weighted by Gasteiger charge is 2.75. The molecule has 2 amide bonds. The minimum absolute atomic E-state index is 0.0152. The van der Waals surface area contributed by atoms with Gasteiger partial charge in [0.25, 0.3) is 0 Å². The van der Waals surface area contributed by atoms with Crippen molar-refractivity contribution in [1.82, 2.24) is 14.9 Å². The van der Waals surface area contributed by atoms with E-state index in [1.807, 2.05) is 0 Å². The van der Waals surface area contributed by atoms with Gasteiger partial charge in [-0.15, -0.1) is 0 Å². The smallest absolute Gasteiger partial charge is 0.243 e. The van der Waals surface area contributed by atoms with Crippen LogP contribution in [0.1, 0.15) is 43.6 Å². The van der Waals surface area contributed by atoms with Crippen LogP contribution >= 0.6 is 11.3 Å². The number of fused-ring (bicyclic) bond motifs is 1. The van der Waals surface area contributed by atoms with Crippen LogP contribution in [0.5, 0.6) is 5.88 Å². The van der Waals surface area contributed by atoms with Gasteiger partial charge in [-0.05, 0) is 38.0 Å². The average Bonchev–Trinajstić information content (AvgIpc) is 3.14. The van der Waals surface area contributed by atoms with Crippen molar-refractivity contribution in [1.29, 1.82) is 0 Å². The minimum Gasteiger partial charge on any atom is -0.479 e. The first-order chi connectivity index (χ1) is 15.8. The zero-order chi connectivity index (χ0) is 23.4. The van der Waals surface area contributed by atoms with E-state index in [0.29, 0.717) is 66.2 Å². The summed E-state index contributed by atoms with van der Waals surface area (Å²) in [5, 5.41) is 12.3. The van der Waals surface area contributed by atoms with E-state index in [4.69, 9.17) is 14.6 Å². The number of likely N-dealkylation sites (N-methyl/N-ethyl adjacent to an activating group) is 1. The molecule has 0 radical (unpaired) electrons. The monoisotopic (exact) mass is 478 g/mol. The van der Waals surface area contributed by atoms with Crippen molar-refractivity contribution in [2.75, 3.05) is 45.8 Å². The Balaban J connectivity index is 1.35. The van der Waals surface area contributed by atoms with Crippen LogP contribution < -0.4 is 10.1 Å². The molecule has 2 aromatic rings. The lowest BCUT2D eigenvalue weighted by molar-refractivity contribution is -0.211. The fourth-order valence-electron chi connectivity index (χ4n) is 5.62. The molecular weight excluding hydrogens is 451 g/mol. The summed E-state index contributed by atoms with van der Waals surface area (Å²) >= 11 is 1.23. The van der Waals surface area contributed by atoms with Gasteiger partial charge in [0.15, 0.2) is 5.13 Å². The van der Waals surface area contributed by atoms with Crippen molar-refractivity contribution in [2.24, 2.45) is 10.8 Å². The molecule has 1 aliphatic heterocycles. The van der Waals surface area contributed by atoms with Gasteiger partial charge < -0.3 is 24.8 Å². The fourth-order valence-corrected chi connectivity index (χ4v) is 6.69. The molecule has 0 unspecified atom stereocenters. The number of amides is 2. The van der Waals surface area contributed by atoms with Gasteiger partial charge in [0.1, 0.15) is 5.52 Å². The first-order valence-corrected chi connectivity index (χ1v) is 11.9. The summed E-state index contributed by atoms with van der Waals surface area (Å²) < 4.78 is 26.2. The van der Waals surface area contributed by atoms with Crippen LogP contribution in [-0.2, 0) is 14.3 Å². The molecule has 2 bridgehead atoms. The lowest BCUT2D eigenvalue weighted by Gasteiger charge is -2.68. The molecule has 0 aromatic carbocycles. The Morgan fingerprint density at radius 2 is 1.97 bits per heavy atom. The molecule has 4 aliphatic rings. The Morgan fingerprint density at radius 1 is 1.27 bits per heavy atom. The maximum Gasteiger partial charge on any atom is 0.243 e. The number of aromatic nitrogens is 2. The number of aliphatic hydroxyl groups excluding tert-OH is 1. The molecule has 3 heterocycles. The molecule has 11 heteroatoms. The standard InChI is InChI=1S/C22H27FN4O5S/c1-27(5-6-28)19(30)22-9-21(10-22,11-22)18(29)26-20-24-14-15(33-20)13(12-3-7-32-8-4-12)16(23)25-17(14)31-2/h12,28H,3-11H2,1-2H3,(H,24,26,29). The summed E-state index contributed by atoms with van der Waals surface area (Å²) in [6.45, 7) is 1.33. The molecule has 33 heavy (non-hydrogen) atoms. The number of methoxy groups -OCH3 is 1. The maximum atomic E-state index is 14.9. The van der Waals surface area contributed by atoms with Crippen molar-refractivity contribution in [2.45, 2.75) is 38.0 Å². The van der Waals surface area contributed by atoms with Crippen LogP contribution in [0.3, 0.4) is 0 Å². The lowest BCUT2D eigenvalue weighted by atomic mass is 9.34. The number of carbonyl (C=O) groups excluding carboxylic acids is 2. The van der Waals surface area contributed by atoms with E-state index >= 15 is 0 Å². The molecule has 6 rings (SSSR count). The number of carbonyl (C=O) groups is 2. The molecule has 0 spiro atoms. The third-order valence-corrected chi connectivity index (χ3v) is 8.29. The minimum atomic E-state index is -0.570. The van der Waals surface area contributed by atoms with Gasteiger partial charge in [0.05, 0.1) is 29.2 Å². The SMILES string of the molecule is COc1nc(F)c(C2CCOCC2)c2sc(NC(=O)C34CC(C(=O)N(C)CCO)(C3)C4)nc12. The molecule has 4 fully saturated rings. The molecule has 0 atom stereocenters. The van der Waals surface area contributed by atoms with Gasteiger partial charge in [0.2, 0.25) is 23.6 Å². The molecule has 1 saturated heterocycles. The Hall–Kier alpha value is -2.37. The van der Waals surface area contributed by atoms with Crippen molar-refractivity contribution in [3.63, 3.8) is 0 Å². The van der Waals surface area contributed by atoms with Gasteiger partial charge >= 0.3 is 0 Å². The van der Waals surface area contributed by atoms with E-state index in [-0.39, 0.29) is 36.8 Å². The van der Waals surface area contributed by atoms with Crippen LogP contribution in [0, 0.1) is 16.8 Å². The largest absolute Gasteiger partial charge is 0.479 e. The summed E-state index contributed by atoms with van der Waals surface area (Å²) in [6.07, 6.45) is 2.89. The molecule has 3 saturated carbocycles. The number of nitrogens with one attached hydrogen (secondary N) is 1. The number of rotatable bonds is 7. The Morgan fingerprint density at radius 3 is 2.61 bits per heavy atom. The van der Waals surface area contributed by atoms with E-state index in [1.54, 1.807) is 7.05 Å². The number of ether oxygens (including phenoxy) is 2. The summed E-state index contributed by atoms with van der Waals surface area (Å²) in [6, 6.07) is 0.